The Labute approximate surface area is 557 Å². The number of phenolic OH excluding ortho intramolecular Hbond substituents is 12. The molecular formula is C70H70O28. The Balaban J connectivity index is 0.000000341. The maximum Gasteiger partial charge on any atom is 0.349 e. The summed E-state index contributed by atoms with van der Waals surface area (Å²) in [5.74, 6) is -11.5. The van der Waals surface area contributed by atoms with E-state index in [4.69, 9.17) is 35.4 Å². The van der Waals surface area contributed by atoms with Gasteiger partial charge in [0, 0.05) is 43.1 Å². The summed E-state index contributed by atoms with van der Waals surface area (Å²) in [5.41, 5.74) is 4.48. The average molecular weight is 1360 g/mol. The summed E-state index contributed by atoms with van der Waals surface area (Å²) < 4.78 is 14.2. The highest BCUT2D eigenvalue weighted by molar-refractivity contribution is 5.94. The van der Waals surface area contributed by atoms with Gasteiger partial charge in [-0.1, -0.05) is 54.6 Å². The van der Waals surface area contributed by atoms with Crippen LogP contribution in [0.3, 0.4) is 0 Å². The number of benzene rings is 7. The van der Waals surface area contributed by atoms with E-state index in [1.54, 1.807) is 44.2 Å². The predicted molar refractivity (Wildman–Crippen MR) is 347 cm³/mol. The molecule has 0 radical (unpaired) electrons. The maximum absolute atomic E-state index is 12.0. The fraction of sp³-hybridized carbons (Fsp3) is 0.186. The summed E-state index contributed by atoms with van der Waals surface area (Å²) in [6.45, 7) is 7.61. The number of aromatic hydroxyl groups is 12. The minimum absolute atomic E-state index is 0.0279. The largest absolute Gasteiger partial charge is 0.508 e. The van der Waals surface area contributed by atoms with Gasteiger partial charge in [0.05, 0.1) is 0 Å². The summed E-state index contributed by atoms with van der Waals surface area (Å²) >= 11 is 0. The summed E-state index contributed by atoms with van der Waals surface area (Å²) in [4.78, 5) is 102. The molecule has 28 heteroatoms. The topological polar surface area (TPSA) is 505 Å². The normalized spacial score (nSPS) is 11.8. The number of carboxylic acid groups (broad SMARTS) is 3. The van der Waals surface area contributed by atoms with E-state index in [0.29, 0.717) is 46.2 Å². The molecule has 0 bridgehead atoms. The zero-order valence-electron chi connectivity index (χ0n) is 52.8. The first-order valence-electron chi connectivity index (χ1n) is 28.6. The number of ether oxygens (including phenoxy) is 3. The van der Waals surface area contributed by atoms with E-state index in [0.717, 1.165) is 42.0 Å². The van der Waals surface area contributed by atoms with Crippen LogP contribution in [0.5, 0.6) is 69.0 Å². The van der Waals surface area contributed by atoms with Gasteiger partial charge in [0.1, 0.15) is 29.2 Å². The van der Waals surface area contributed by atoms with Crippen LogP contribution < -0.4 is 0 Å². The number of esters is 3. The van der Waals surface area contributed by atoms with Gasteiger partial charge >= 0.3 is 35.8 Å². The Kier molecular flexibility index (Phi) is 31.1. The van der Waals surface area contributed by atoms with Crippen LogP contribution in [0.25, 0.3) is 18.2 Å². The van der Waals surface area contributed by atoms with Crippen molar-refractivity contribution >= 4 is 71.4 Å². The monoisotopic (exact) mass is 1360 g/mol. The highest BCUT2D eigenvalue weighted by atomic mass is 16.6. The van der Waals surface area contributed by atoms with Crippen LogP contribution >= 0.6 is 0 Å². The third kappa shape index (κ3) is 27.8. The number of hydrogen-bond acceptors (Lipinski definition) is 25. The van der Waals surface area contributed by atoms with Crippen molar-refractivity contribution < 1.29 is 139 Å². The number of aliphatic hydroxyl groups excluding tert-OH is 1. The van der Waals surface area contributed by atoms with E-state index in [9.17, 15) is 94.2 Å². The lowest BCUT2D eigenvalue weighted by molar-refractivity contribution is -0.183. The molecule has 0 amide bonds. The number of phenols is 12. The number of aliphatic hydroxyl groups is 1. The lowest BCUT2D eigenvalue weighted by Crippen LogP contribution is -2.45. The first-order chi connectivity index (χ1) is 45.9. The van der Waals surface area contributed by atoms with Crippen molar-refractivity contribution in [2.75, 3.05) is 0 Å². The third-order valence-corrected chi connectivity index (χ3v) is 12.9. The van der Waals surface area contributed by atoms with E-state index in [1.807, 2.05) is 0 Å². The molecule has 0 spiro atoms. The summed E-state index contributed by atoms with van der Waals surface area (Å²) in [5, 5.41) is 148. The molecule has 16 N–H and O–H groups in total. The van der Waals surface area contributed by atoms with Crippen molar-refractivity contribution in [3.8, 4) is 69.0 Å². The van der Waals surface area contributed by atoms with Crippen LogP contribution in [0.4, 0.5) is 0 Å². The van der Waals surface area contributed by atoms with E-state index < -0.39 is 71.7 Å². The van der Waals surface area contributed by atoms with Gasteiger partial charge in [-0.25, -0.2) is 28.8 Å². The number of carbonyl (C=O) groups excluding carboxylic acids is 6. The average Bonchev–Trinajstić information content (AvgIpc) is 0.882. The molecule has 28 nitrogen and oxygen atoms in total. The smallest absolute Gasteiger partial charge is 0.349 e. The Morgan fingerprint density at radius 2 is 0.724 bits per heavy atom. The predicted octanol–water partition coefficient (Wildman–Crippen LogP) is 7.76. The number of aliphatic carboxylic acids is 3. The first kappa shape index (κ1) is 79.4. The molecule has 7 aromatic carbocycles. The fourth-order valence-corrected chi connectivity index (χ4v) is 7.60. The van der Waals surface area contributed by atoms with E-state index >= 15 is 0 Å². The summed E-state index contributed by atoms with van der Waals surface area (Å²) in [6.07, 6.45) is 0.313. The Morgan fingerprint density at radius 1 is 0.378 bits per heavy atom. The number of aryl methyl sites for hydroxylation is 3. The molecule has 4 unspecified atom stereocenters. The second kappa shape index (κ2) is 38.4. The lowest BCUT2D eigenvalue weighted by Gasteiger charge is -2.19. The molecular weight excluding hydrogens is 1290 g/mol. The Hall–Kier alpha value is -12.9. The standard InChI is InChI=1S/C23H20O11.C18H16O7.C10H12O4.C10H12O3.C9H10O3/c1-12-2-3-13(10-16(12)25)5-8-18(27)33-20(22(29)30)21(23(31)32)34-19(28)9-6-14-4-7-15(24)17(26)11-14;1-10-2-5-12(9-14(10)20)17(18(23)24)25-16(22)7-4-11-3-6-13(19)15(21)8-11;1-6(11)9(13)4-7-2-3-8(12)10(14)5-7;1-7(11)2-3-8-4-5-9(12)10(13)6-8;1-6(10)4-7-2-3-8(11)9(12)5-7/h2-11,20-21,24-26H,1H3,(H,29,30)(H,31,32);2-9,17,19-21H,1H3,(H,23,24);2-3,5,9,12-14H,4H2,1H3;4-6,12-13H,2-3H2,1H3;2-3,5,11-12H,4H2,1H3/b8-5+,9-6+;7-4+;;;. The molecule has 7 rings (SSSR count). The van der Waals surface area contributed by atoms with Gasteiger partial charge in [-0.05, 0) is 177 Å². The van der Waals surface area contributed by atoms with Crippen molar-refractivity contribution in [1.82, 2.24) is 0 Å². The van der Waals surface area contributed by atoms with Gasteiger partial charge in [0.2, 0.25) is 18.3 Å². The fourth-order valence-electron chi connectivity index (χ4n) is 7.60. The summed E-state index contributed by atoms with van der Waals surface area (Å²) in [7, 11) is 0. The number of carboxylic acids is 3. The zero-order valence-corrected chi connectivity index (χ0v) is 52.8. The number of Topliss-reactive ketones (excluding diaryl/α,β-unsaturated/α-hetero) is 3. The molecule has 518 valence electrons. The van der Waals surface area contributed by atoms with Crippen molar-refractivity contribution in [3.63, 3.8) is 0 Å². The molecule has 0 aromatic heterocycles. The number of rotatable bonds is 22. The number of hydrogen-bond donors (Lipinski definition) is 16. The van der Waals surface area contributed by atoms with Gasteiger partial charge in [-0.2, -0.15) is 0 Å². The second-order valence-corrected chi connectivity index (χ2v) is 21.0. The first-order valence-corrected chi connectivity index (χ1v) is 28.6. The Morgan fingerprint density at radius 3 is 1.09 bits per heavy atom. The van der Waals surface area contributed by atoms with Gasteiger partial charge in [0.15, 0.2) is 63.3 Å². The highest BCUT2D eigenvalue weighted by Gasteiger charge is 2.40. The van der Waals surface area contributed by atoms with Crippen LogP contribution in [0.1, 0.15) is 83.4 Å². The molecule has 0 heterocycles. The van der Waals surface area contributed by atoms with Gasteiger partial charge in [-0.15, -0.1) is 0 Å². The quantitative estimate of drug-likeness (QED) is 0.0133. The maximum atomic E-state index is 12.0. The minimum Gasteiger partial charge on any atom is -0.508 e. The van der Waals surface area contributed by atoms with Crippen molar-refractivity contribution in [2.45, 2.75) is 84.7 Å². The van der Waals surface area contributed by atoms with Crippen LogP contribution in [0.15, 0.2) is 146 Å². The second-order valence-electron chi connectivity index (χ2n) is 21.0. The SMILES string of the molecule is CC(=O)C(O)Cc1ccc(O)c(O)c1.CC(=O)CCc1ccc(O)c(O)c1.CC(=O)Cc1ccc(O)c(O)c1.Cc1ccc(/C=C/C(=O)OC(C(=O)O)C(OC(=O)/C=C/c2ccc(O)c(O)c2)C(=O)O)cc1O.Cc1ccc(C(OC(=O)/C=C/c2ccc(O)c(O)c2)C(=O)O)cc1O. The molecule has 0 saturated heterocycles. The third-order valence-electron chi connectivity index (χ3n) is 12.9. The molecule has 7 aromatic rings. The molecule has 0 aliphatic heterocycles. The van der Waals surface area contributed by atoms with Crippen molar-refractivity contribution in [2.24, 2.45) is 0 Å². The van der Waals surface area contributed by atoms with Crippen LogP contribution in [0, 0.1) is 13.8 Å². The molecule has 4 atom stereocenters. The number of carbonyl (C=O) groups is 9. The van der Waals surface area contributed by atoms with Gasteiger partial charge < -0.3 is 101 Å². The lowest BCUT2D eigenvalue weighted by atomic mass is 10.1. The van der Waals surface area contributed by atoms with Crippen molar-refractivity contribution in [3.05, 3.63) is 196 Å². The van der Waals surface area contributed by atoms with E-state index in [-0.39, 0.29) is 98.8 Å². The van der Waals surface area contributed by atoms with Gasteiger partial charge in [0.25, 0.3) is 0 Å². The minimum atomic E-state index is -2.37. The highest BCUT2D eigenvalue weighted by Crippen LogP contribution is 2.31. The van der Waals surface area contributed by atoms with Crippen LogP contribution in [-0.4, -0.2) is 153 Å². The molecule has 0 aliphatic rings. The van der Waals surface area contributed by atoms with E-state index in [2.05, 4.69) is 9.47 Å². The zero-order chi connectivity index (χ0) is 73.7. The number of ketones is 3. The summed E-state index contributed by atoms with van der Waals surface area (Å²) in [6, 6.07) is 29.3. The van der Waals surface area contributed by atoms with Crippen LogP contribution in [-0.2, 0) is 76.6 Å². The van der Waals surface area contributed by atoms with E-state index in [1.165, 1.54) is 118 Å². The van der Waals surface area contributed by atoms with Gasteiger partial charge in [-0.3, -0.25) is 9.59 Å². The molecule has 0 aliphatic carbocycles. The van der Waals surface area contributed by atoms with Crippen LogP contribution in [0.2, 0.25) is 0 Å². The molecule has 98 heavy (non-hydrogen) atoms. The van der Waals surface area contributed by atoms with Crippen molar-refractivity contribution in [1.29, 1.82) is 0 Å². The Bertz CT molecular complexity index is 4020. The molecule has 0 fully saturated rings. The molecule has 0 saturated carbocycles.